The predicted octanol–water partition coefficient (Wildman–Crippen LogP) is 3.82. The van der Waals surface area contributed by atoms with Crippen LogP contribution in [0.1, 0.15) is 0 Å². The van der Waals surface area contributed by atoms with Crippen LogP contribution in [-0.4, -0.2) is 77.2 Å². The van der Waals surface area contributed by atoms with Gasteiger partial charge in [-0.2, -0.15) is 0 Å². The number of aromatic nitrogens is 3. The van der Waals surface area contributed by atoms with Crippen molar-refractivity contribution >= 4 is 22.6 Å². The highest BCUT2D eigenvalue weighted by Crippen LogP contribution is 2.36. The Morgan fingerprint density at radius 2 is 1.89 bits per heavy atom. The molecule has 1 atom stereocenters. The van der Waals surface area contributed by atoms with Crippen LogP contribution in [0.2, 0.25) is 5.15 Å². The maximum atomic E-state index is 10.3. The zero-order chi connectivity index (χ0) is 24.2. The van der Waals surface area contributed by atoms with E-state index < -0.39 is 6.10 Å². The normalized spacial score (nSPS) is 15.3. The van der Waals surface area contributed by atoms with E-state index in [0.29, 0.717) is 36.3 Å². The van der Waals surface area contributed by atoms with Crippen LogP contribution in [0.3, 0.4) is 0 Å². The molecule has 35 heavy (non-hydrogen) atoms. The molecule has 9 heteroatoms. The molecule has 0 saturated carbocycles. The highest BCUT2D eigenvalue weighted by Gasteiger charge is 2.18. The van der Waals surface area contributed by atoms with Crippen molar-refractivity contribution in [3.05, 3.63) is 66.2 Å². The third-order valence-corrected chi connectivity index (χ3v) is 6.34. The highest BCUT2D eigenvalue weighted by molar-refractivity contribution is 6.35. The number of halogens is 1. The molecule has 8 nitrogen and oxygen atoms in total. The summed E-state index contributed by atoms with van der Waals surface area (Å²) >= 11 is 6.51. The summed E-state index contributed by atoms with van der Waals surface area (Å²) in [5.41, 5.74) is 3.48. The standard InChI is InChI=1S/C26H27ClN4O4/c1-33-22-4-2-3-19(13-22)31-15-23(24-25(27)28-17-29-26(24)31)18-5-7-21(8-6-18)35-16-20(32)14-30-9-11-34-12-10-30/h2-8,13,15,17,20,32H,9-12,14,16H2,1H3. The zero-order valence-corrected chi connectivity index (χ0v) is 20.2. The smallest absolute Gasteiger partial charge is 0.150 e. The van der Waals surface area contributed by atoms with Gasteiger partial charge in [-0.05, 0) is 29.8 Å². The topological polar surface area (TPSA) is 81.9 Å². The number of morpholine rings is 1. The second-order valence-corrected chi connectivity index (χ2v) is 8.74. The molecule has 1 fully saturated rings. The van der Waals surface area contributed by atoms with Crippen molar-refractivity contribution in [1.82, 2.24) is 19.4 Å². The summed E-state index contributed by atoms with van der Waals surface area (Å²) in [5, 5.41) is 11.5. The summed E-state index contributed by atoms with van der Waals surface area (Å²) in [5.74, 6) is 1.44. The summed E-state index contributed by atoms with van der Waals surface area (Å²) in [6, 6.07) is 15.5. The fraction of sp³-hybridized carbons (Fsp3) is 0.308. The van der Waals surface area contributed by atoms with Gasteiger partial charge >= 0.3 is 0 Å². The number of hydrogen-bond acceptors (Lipinski definition) is 7. The van der Waals surface area contributed by atoms with Gasteiger partial charge in [0.2, 0.25) is 0 Å². The Morgan fingerprint density at radius 1 is 1.09 bits per heavy atom. The van der Waals surface area contributed by atoms with Crippen molar-refractivity contribution in [2.45, 2.75) is 6.10 Å². The van der Waals surface area contributed by atoms with Gasteiger partial charge in [0.15, 0.2) is 0 Å². The molecule has 5 rings (SSSR count). The van der Waals surface area contributed by atoms with Crippen molar-refractivity contribution in [3.63, 3.8) is 0 Å². The molecule has 4 aromatic rings. The lowest BCUT2D eigenvalue weighted by Crippen LogP contribution is -2.42. The first-order chi connectivity index (χ1) is 17.1. The van der Waals surface area contributed by atoms with Crippen LogP contribution in [0.5, 0.6) is 11.5 Å². The largest absolute Gasteiger partial charge is 0.497 e. The molecule has 0 spiro atoms. The lowest BCUT2D eigenvalue weighted by Gasteiger charge is -2.28. The number of fused-ring (bicyclic) bond motifs is 1. The number of rotatable bonds is 8. The summed E-state index contributed by atoms with van der Waals surface area (Å²) in [4.78, 5) is 10.9. The number of benzene rings is 2. The fourth-order valence-electron chi connectivity index (χ4n) is 4.26. The minimum absolute atomic E-state index is 0.228. The Hall–Kier alpha value is -3.17. The van der Waals surface area contributed by atoms with E-state index in [0.717, 1.165) is 41.0 Å². The number of β-amino-alcohol motifs (C(OH)–C–C–N with tert-alkyl or cyclic N) is 1. The number of aliphatic hydroxyl groups excluding tert-OH is 1. The molecule has 0 aliphatic carbocycles. The molecule has 1 aliphatic heterocycles. The first kappa shape index (κ1) is 23.6. The Morgan fingerprint density at radius 3 is 2.66 bits per heavy atom. The van der Waals surface area contributed by atoms with Gasteiger partial charge in [-0.25, -0.2) is 9.97 Å². The molecule has 2 aromatic carbocycles. The monoisotopic (exact) mass is 494 g/mol. The Balaban J connectivity index is 1.36. The van der Waals surface area contributed by atoms with E-state index in [2.05, 4.69) is 14.9 Å². The fourth-order valence-corrected chi connectivity index (χ4v) is 4.49. The summed E-state index contributed by atoms with van der Waals surface area (Å²) < 4.78 is 18.6. The van der Waals surface area contributed by atoms with Gasteiger partial charge < -0.3 is 23.9 Å². The van der Waals surface area contributed by atoms with Gasteiger partial charge in [-0.3, -0.25) is 4.90 Å². The van der Waals surface area contributed by atoms with Gasteiger partial charge in [-0.1, -0.05) is 29.8 Å². The van der Waals surface area contributed by atoms with E-state index in [-0.39, 0.29) is 6.61 Å². The molecular formula is C26H27ClN4O4. The molecule has 1 aliphatic rings. The Bertz CT molecular complexity index is 1290. The first-order valence-electron chi connectivity index (χ1n) is 11.5. The second-order valence-electron chi connectivity index (χ2n) is 8.38. The van der Waals surface area contributed by atoms with E-state index in [1.54, 1.807) is 7.11 Å². The third kappa shape index (κ3) is 5.26. The van der Waals surface area contributed by atoms with Crippen LogP contribution >= 0.6 is 11.6 Å². The predicted molar refractivity (Wildman–Crippen MR) is 135 cm³/mol. The average Bonchev–Trinajstić information content (AvgIpc) is 3.29. The number of aliphatic hydroxyl groups is 1. The van der Waals surface area contributed by atoms with Gasteiger partial charge in [0, 0.05) is 37.5 Å². The lowest BCUT2D eigenvalue weighted by molar-refractivity contribution is 0.00466. The molecule has 1 N–H and O–H groups in total. The van der Waals surface area contributed by atoms with E-state index in [9.17, 15) is 5.11 Å². The number of ether oxygens (including phenoxy) is 3. The lowest BCUT2D eigenvalue weighted by atomic mass is 10.1. The van der Waals surface area contributed by atoms with Gasteiger partial charge in [0.05, 0.1) is 31.4 Å². The van der Waals surface area contributed by atoms with E-state index >= 15 is 0 Å². The highest BCUT2D eigenvalue weighted by atomic mass is 35.5. The number of methoxy groups -OCH3 is 1. The minimum atomic E-state index is -0.565. The molecule has 0 amide bonds. The van der Waals surface area contributed by atoms with Crippen LogP contribution < -0.4 is 9.47 Å². The van der Waals surface area contributed by atoms with Crippen LogP contribution in [-0.2, 0) is 4.74 Å². The van der Waals surface area contributed by atoms with Crippen LogP contribution in [0.25, 0.3) is 27.8 Å². The molecular weight excluding hydrogens is 468 g/mol. The Labute approximate surface area is 208 Å². The van der Waals surface area contributed by atoms with Crippen molar-refractivity contribution < 1.29 is 19.3 Å². The summed E-state index contributed by atoms with van der Waals surface area (Å²) in [7, 11) is 1.64. The zero-order valence-electron chi connectivity index (χ0n) is 19.4. The third-order valence-electron chi connectivity index (χ3n) is 6.05. The molecule has 182 valence electrons. The van der Waals surface area contributed by atoms with Crippen LogP contribution in [0, 0.1) is 0 Å². The quantitative estimate of drug-likeness (QED) is 0.373. The van der Waals surface area contributed by atoms with Crippen LogP contribution in [0.15, 0.2) is 61.1 Å². The maximum absolute atomic E-state index is 10.3. The van der Waals surface area contributed by atoms with E-state index in [1.807, 2.05) is 59.3 Å². The summed E-state index contributed by atoms with van der Waals surface area (Å²) in [6.45, 7) is 3.88. The molecule has 1 saturated heterocycles. The molecule has 2 aromatic heterocycles. The van der Waals surface area contributed by atoms with Crippen molar-refractivity contribution in [2.24, 2.45) is 0 Å². The van der Waals surface area contributed by atoms with Gasteiger partial charge in [-0.15, -0.1) is 0 Å². The SMILES string of the molecule is COc1cccc(-n2cc(-c3ccc(OCC(O)CN4CCOCC4)cc3)c3c(Cl)ncnc32)c1. The van der Waals surface area contributed by atoms with Crippen molar-refractivity contribution in [2.75, 3.05) is 46.6 Å². The molecule has 3 heterocycles. The summed E-state index contributed by atoms with van der Waals surface area (Å²) in [6.07, 6.45) is 2.90. The van der Waals surface area contributed by atoms with Crippen LogP contribution in [0.4, 0.5) is 0 Å². The van der Waals surface area contributed by atoms with Gasteiger partial charge in [0.1, 0.15) is 41.3 Å². The van der Waals surface area contributed by atoms with E-state index in [1.165, 1.54) is 6.33 Å². The molecule has 1 unspecified atom stereocenters. The minimum Gasteiger partial charge on any atom is -0.497 e. The number of nitrogens with zero attached hydrogens (tertiary/aromatic N) is 4. The Kier molecular flexibility index (Phi) is 7.15. The van der Waals surface area contributed by atoms with E-state index in [4.69, 9.17) is 25.8 Å². The molecule has 0 bridgehead atoms. The molecule has 0 radical (unpaired) electrons. The maximum Gasteiger partial charge on any atom is 0.150 e. The number of hydrogen-bond donors (Lipinski definition) is 1. The average molecular weight is 495 g/mol. The second kappa shape index (κ2) is 10.6. The van der Waals surface area contributed by atoms with Gasteiger partial charge in [0.25, 0.3) is 0 Å². The van der Waals surface area contributed by atoms with Crippen molar-refractivity contribution in [3.8, 4) is 28.3 Å². The van der Waals surface area contributed by atoms with Crippen molar-refractivity contribution in [1.29, 1.82) is 0 Å². The first-order valence-corrected chi connectivity index (χ1v) is 11.9.